The van der Waals surface area contributed by atoms with Crippen LogP contribution in [-0.4, -0.2) is 18.4 Å². The number of rotatable bonds is 5. The van der Waals surface area contributed by atoms with Crippen LogP contribution in [0.15, 0.2) is 48.5 Å². The van der Waals surface area contributed by atoms with Crippen LogP contribution in [0.5, 0.6) is 0 Å². The van der Waals surface area contributed by atoms with Crippen LogP contribution in [-0.2, 0) is 9.59 Å². The van der Waals surface area contributed by atoms with Crippen molar-refractivity contribution in [3.05, 3.63) is 59.9 Å². The van der Waals surface area contributed by atoms with Crippen LogP contribution >= 0.6 is 0 Å². The van der Waals surface area contributed by atoms with E-state index in [-0.39, 0.29) is 24.1 Å². The smallest absolute Gasteiger partial charge is 0.229 e. The molecule has 1 heterocycles. The van der Waals surface area contributed by atoms with Crippen molar-refractivity contribution in [1.29, 1.82) is 0 Å². The number of anilines is 2. The molecule has 1 saturated heterocycles. The summed E-state index contributed by atoms with van der Waals surface area (Å²) in [6, 6.07) is 13.5. The predicted molar refractivity (Wildman–Crippen MR) is 101 cm³/mol. The Kier molecular flexibility index (Phi) is 5.35. The van der Waals surface area contributed by atoms with E-state index in [1.54, 1.807) is 17.0 Å². The molecule has 2 atom stereocenters. The number of hydrogen-bond donors (Lipinski definition) is 1. The van der Waals surface area contributed by atoms with E-state index in [4.69, 9.17) is 0 Å². The molecule has 0 aliphatic carbocycles. The molecule has 2 amide bonds. The molecule has 1 aliphatic heterocycles. The van der Waals surface area contributed by atoms with Crippen LogP contribution in [0.2, 0.25) is 0 Å². The van der Waals surface area contributed by atoms with Crippen LogP contribution < -0.4 is 10.2 Å². The van der Waals surface area contributed by atoms with Crippen LogP contribution in [0.1, 0.15) is 38.2 Å². The fourth-order valence-electron chi connectivity index (χ4n) is 3.25. The number of hydrogen-bond acceptors (Lipinski definition) is 2. The topological polar surface area (TPSA) is 49.4 Å². The minimum Gasteiger partial charge on any atom is -0.326 e. The molecule has 26 heavy (non-hydrogen) atoms. The first-order chi connectivity index (χ1) is 12.5. The summed E-state index contributed by atoms with van der Waals surface area (Å²) < 4.78 is 13.1. The van der Waals surface area contributed by atoms with Crippen LogP contribution in [0, 0.1) is 11.7 Å². The van der Waals surface area contributed by atoms with Gasteiger partial charge in [0.25, 0.3) is 0 Å². The van der Waals surface area contributed by atoms with Crippen LogP contribution in [0.4, 0.5) is 15.8 Å². The number of nitrogens with zero attached hydrogens (tertiary/aromatic N) is 1. The van der Waals surface area contributed by atoms with Gasteiger partial charge in [-0.3, -0.25) is 9.59 Å². The van der Waals surface area contributed by atoms with Crippen molar-refractivity contribution in [3.8, 4) is 0 Å². The average molecular weight is 354 g/mol. The summed E-state index contributed by atoms with van der Waals surface area (Å²) in [5.74, 6) is -0.702. The lowest BCUT2D eigenvalue weighted by molar-refractivity contribution is -0.122. The maximum atomic E-state index is 13.1. The summed E-state index contributed by atoms with van der Waals surface area (Å²) >= 11 is 0. The highest BCUT2D eigenvalue weighted by atomic mass is 19.1. The first-order valence-electron chi connectivity index (χ1n) is 8.95. The van der Waals surface area contributed by atoms with Gasteiger partial charge in [0.15, 0.2) is 0 Å². The Bertz CT molecular complexity index is 804. The molecule has 2 aromatic rings. The molecule has 1 fully saturated rings. The molecular weight excluding hydrogens is 331 g/mol. The van der Waals surface area contributed by atoms with Crippen molar-refractivity contribution in [2.75, 3.05) is 16.8 Å². The van der Waals surface area contributed by atoms with Gasteiger partial charge in [-0.15, -0.1) is 0 Å². The minimum atomic E-state index is -0.419. The highest BCUT2D eigenvalue weighted by molar-refractivity contribution is 6.03. The number of halogens is 1. The molecule has 3 rings (SSSR count). The maximum Gasteiger partial charge on any atom is 0.229 e. The molecule has 0 radical (unpaired) electrons. The highest BCUT2D eigenvalue weighted by Gasteiger charge is 2.35. The summed E-state index contributed by atoms with van der Waals surface area (Å²) in [6.45, 7) is 4.54. The molecule has 4 nitrogen and oxygen atoms in total. The van der Waals surface area contributed by atoms with Crippen LogP contribution in [0.3, 0.4) is 0 Å². The van der Waals surface area contributed by atoms with E-state index in [0.29, 0.717) is 18.2 Å². The van der Waals surface area contributed by atoms with E-state index in [0.717, 1.165) is 17.7 Å². The fourth-order valence-corrected chi connectivity index (χ4v) is 3.25. The molecule has 2 aromatic carbocycles. The molecule has 1 aliphatic rings. The largest absolute Gasteiger partial charge is 0.326 e. The lowest BCUT2D eigenvalue weighted by Gasteiger charge is -2.18. The van der Waals surface area contributed by atoms with Crippen molar-refractivity contribution in [1.82, 2.24) is 0 Å². The van der Waals surface area contributed by atoms with Gasteiger partial charge in [-0.2, -0.15) is 0 Å². The van der Waals surface area contributed by atoms with Gasteiger partial charge in [0.1, 0.15) is 5.82 Å². The number of amides is 2. The maximum absolute atomic E-state index is 13.1. The van der Waals surface area contributed by atoms with Gasteiger partial charge < -0.3 is 10.2 Å². The Morgan fingerprint density at radius 2 is 1.92 bits per heavy atom. The second-order valence-electron chi connectivity index (χ2n) is 6.77. The summed E-state index contributed by atoms with van der Waals surface area (Å²) in [4.78, 5) is 26.6. The standard InChI is InChI=1S/C21H23FN2O2/c1-3-14(2)18-6-4-5-7-19(18)23-21(26)15-12-20(25)24(13-15)17-10-8-16(22)9-11-17/h4-11,14-15H,3,12-13H2,1-2H3,(H,23,26)/t14-,15-/m0/s1. The third-order valence-electron chi connectivity index (χ3n) is 5.00. The Morgan fingerprint density at radius 1 is 1.23 bits per heavy atom. The van der Waals surface area contributed by atoms with Gasteiger partial charge in [0.05, 0.1) is 5.92 Å². The zero-order valence-corrected chi connectivity index (χ0v) is 15.0. The molecule has 1 N–H and O–H groups in total. The molecule has 0 bridgehead atoms. The zero-order chi connectivity index (χ0) is 18.7. The van der Waals surface area contributed by atoms with Gasteiger partial charge in [-0.25, -0.2) is 4.39 Å². The van der Waals surface area contributed by atoms with Crippen molar-refractivity contribution in [3.63, 3.8) is 0 Å². The van der Waals surface area contributed by atoms with E-state index >= 15 is 0 Å². The average Bonchev–Trinajstić information content (AvgIpc) is 3.04. The number of benzene rings is 2. The first kappa shape index (κ1) is 18.1. The van der Waals surface area contributed by atoms with Crippen molar-refractivity contribution < 1.29 is 14.0 Å². The Morgan fingerprint density at radius 3 is 2.62 bits per heavy atom. The third-order valence-corrected chi connectivity index (χ3v) is 5.00. The van der Waals surface area contributed by atoms with Crippen molar-refractivity contribution in [2.24, 2.45) is 5.92 Å². The van der Waals surface area contributed by atoms with Gasteiger partial charge in [-0.1, -0.05) is 32.0 Å². The number of carbonyl (C=O) groups is 2. The number of carbonyl (C=O) groups excluding carboxylic acids is 2. The summed E-state index contributed by atoms with van der Waals surface area (Å²) in [5, 5.41) is 2.99. The SMILES string of the molecule is CC[C@H](C)c1ccccc1NC(=O)[C@H]1CC(=O)N(c2ccc(F)cc2)C1. The second kappa shape index (κ2) is 7.68. The Balaban J connectivity index is 1.72. The molecule has 0 spiro atoms. The lowest BCUT2D eigenvalue weighted by Crippen LogP contribution is -2.28. The van der Waals surface area contributed by atoms with Gasteiger partial charge in [0.2, 0.25) is 11.8 Å². The summed E-state index contributed by atoms with van der Waals surface area (Å²) in [6.07, 6.45) is 1.14. The van der Waals surface area contributed by atoms with Crippen molar-refractivity contribution in [2.45, 2.75) is 32.6 Å². The molecule has 0 saturated carbocycles. The molecule has 0 aromatic heterocycles. The quantitative estimate of drug-likeness (QED) is 0.869. The first-order valence-corrected chi connectivity index (χ1v) is 8.95. The Labute approximate surface area is 153 Å². The summed E-state index contributed by atoms with van der Waals surface area (Å²) in [7, 11) is 0. The minimum absolute atomic E-state index is 0.119. The van der Waals surface area contributed by atoms with E-state index in [2.05, 4.69) is 19.2 Å². The highest BCUT2D eigenvalue weighted by Crippen LogP contribution is 2.29. The van der Waals surface area contributed by atoms with E-state index in [9.17, 15) is 14.0 Å². The van der Waals surface area contributed by atoms with Crippen LogP contribution in [0.25, 0.3) is 0 Å². The molecule has 0 unspecified atom stereocenters. The molecule has 5 heteroatoms. The normalized spacial score (nSPS) is 18.0. The van der Waals surface area contributed by atoms with Gasteiger partial charge in [0, 0.05) is 24.3 Å². The molecule has 136 valence electrons. The molecular formula is C21H23FN2O2. The van der Waals surface area contributed by atoms with E-state index in [1.165, 1.54) is 12.1 Å². The zero-order valence-electron chi connectivity index (χ0n) is 15.0. The van der Waals surface area contributed by atoms with E-state index in [1.807, 2.05) is 24.3 Å². The number of para-hydroxylation sites is 1. The van der Waals surface area contributed by atoms with E-state index < -0.39 is 5.92 Å². The van der Waals surface area contributed by atoms with Crippen molar-refractivity contribution >= 4 is 23.2 Å². The number of nitrogens with one attached hydrogen (secondary N) is 1. The predicted octanol–water partition coefficient (Wildman–Crippen LogP) is 4.33. The fraction of sp³-hybridized carbons (Fsp3) is 0.333. The summed E-state index contributed by atoms with van der Waals surface area (Å²) in [5.41, 5.74) is 2.52. The second-order valence-corrected chi connectivity index (χ2v) is 6.77. The monoisotopic (exact) mass is 354 g/mol. The lowest BCUT2D eigenvalue weighted by atomic mass is 9.96. The van der Waals surface area contributed by atoms with Gasteiger partial charge in [-0.05, 0) is 48.2 Å². The Hall–Kier alpha value is -2.69. The third kappa shape index (κ3) is 3.77. The van der Waals surface area contributed by atoms with Gasteiger partial charge >= 0.3 is 0 Å².